The van der Waals surface area contributed by atoms with Crippen LogP contribution in [0.1, 0.15) is 29.9 Å². The molecule has 120 valence electrons. The zero-order valence-electron chi connectivity index (χ0n) is 12.6. The summed E-state index contributed by atoms with van der Waals surface area (Å²) >= 11 is 0. The number of nitrogens with zero attached hydrogens (tertiary/aromatic N) is 1. The second kappa shape index (κ2) is 6.89. The molecule has 1 aromatic heterocycles. The highest BCUT2D eigenvalue weighted by Gasteiger charge is 2.18. The van der Waals surface area contributed by atoms with Gasteiger partial charge in [0.2, 0.25) is 0 Å². The first-order valence-electron chi connectivity index (χ1n) is 6.81. The van der Waals surface area contributed by atoms with Gasteiger partial charge in [-0.2, -0.15) is 5.10 Å². The van der Waals surface area contributed by atoms with Crippen molar-refractivity contribution in [1.82, 2.24) is 5.43 Å². The van der Waals surface area contributed by atoms with Crippen LogP contribution in [0.2, 0.25) is 0 Å². The summed E-state index contributed by atoms with van der Waals surface area (Å²) < 4.78 is 4.88. The Kier molecular flexibility index (Phi) is 4.92. The van der Waals surface area contributed by atoms with E-state index in [0.29, 0.717) is 5.56 Å². The third kappa shape index (κ3) is 3.83. The topological polar surface area (TPSA) is 112 Å². The number of aliphatic hydroxyl groups excluding tert-OH is 1. The fourth-order valence-corrected chi connectivity index (χ4v) is 1.97. The maximum absolute atomic E-state index is 11.9. The summed E-state index contributed by atoms with van der Waals surface area (Å²) in [5.74, 6) is -0.794. The monoisotopic (exact) mass is 316 g/mol. The summed E-state index contributed by atoms with van der Waals surface area (Å²) in [6, 6.07) is 9.61. The number of aryl methyl sites for hydroxylation is 1. The predicted molar refractivity (Wildman–Crippen MR) is 83.1 cm³/mol. The minimum atomic E-state index is -1.39. The lowest BCUT2D eigenvalue weighted by Crippen LogP contribution is -2.27. The molecule has 0 saturated carbocycles. The Hall–Kier alpha value is -2.93. The second-order valence-electron chi connectivity index (χ2n) is 4.89. The molecule has 0 aliphatic carbocycles. The SMILES string of the molecule is C/C(=N\NC(=O)C(O)c1ccccc1)c1c(O)cc(C)oc1=O. The number of hydrazone groups is 1. The van der Waals surface area contributed by atoms with E-state index >= 15 is 0 Å². The van der Waals surface area contributed by atoms with Crippen molar-refractivity contribution in [3.05, 3.63) is 63.7 Å². The Morgan fingerprint density at radius 3 is 2.57 bits per heavy atom. The molecule has 23 heavy (non-hydrogen) atoms. The largest absolute Gasteiger partial charge is 0.507 e. The van der Waals surface area contributed by atoms with Gasteiger partial charge in [-0.25, -0.2) is 10.2 Å². The van der Waals surface area contributed by atoms with Crippen LogP contribution in [0, 0.1) is 6.92 Å². The standard InChI is InChI=1S/C16H16N2O5/c1-9-8-12(19)13(16(22)23-9)10(2)17-18-15(21)14(20)11-6-4-3-5-7-11/h3-8,14,19-20H,1-2H3,(H,18,21)/b17-10+. The van der Waals surface area contributed by atoms with Gasteiger partial charge in [-0.1, -0.05) is 30.3 Å². The van der Waals surface area contributed by atoms with E-state index in [2.05, 4.69) is 10.5 Å². The van der Waals surface area contributed by atoms with Gasteiger partial charge >= 0.3 is 5.63 Å². The van der Waals surface area contributed by atoms with Gasteiger partial charge in [-0.3, -0.25) is 4.79 Å². The molecule has 1 atom stereocenters. The molecule has 0 aliphatic rings. The van der Waals surface area contributed by atoms with Crippen LogP contribution in [-0.2, 0) is 4.79 Å². The van der Waals surface area contributed by atoms with E-state index in [1.54, 1.807) is 30.3 Å². The molecule has 1 amide bonds. The van der Waals surface area contributed by atoms with Crippen LogP contribution in [-0.4, -0.2) is 21.8 Å². The fraction of sp³-hybridized carbons (Fsp3) is 0.188. The first-order valence-corrected chi connectivity index (χ1v) is 6.81. The van der Waals surface area contributed by atoms with Crippen LogP contribution in [0.15, 0.2) is 50.7 Å². The minimum Gasteiger partial charge on any atom is -0.507 e. The maximum atomic E-state index is 11.9. The molecule has 7 heteroatoms. The highest BCUT2D eigenvalue weighted by Crippen LogP contribution is 2.15. The molecule has 3 N–H and O–H groups in total. The number of hydrogen-bond donors (Lipinski definition) is 3. The van der Waals surface area contributed by atoms with Gasteiger partial charge in [-0.05, 0) is 19.4 Å². The van der Waals surface area contributed by atoms with Crippen LogP contribution in [0.4, 0.5) is 0 Å². The lowest BCUT2D eigenvalue weighted by molar-refractivity contribution is -0.129. The average Bonchev–Trinajstić information content (AvgIpc) is 2.51. The predicted octanol–water partition coefficient (Wildman–Crippen LogP) is 1.23. The van der Waals surface area contributed by atoms with Gasteiger partial charge in [0.05, 0.1) is 5.71 Å². The second-order valence-corrected chi connectivity index (χ2v) is 4.89. The van der Waals surface area contributed by atoms with E-state index in [1.165, 1.54) is 19.9 Å². The van der Waals surface area contributed by atoms with Crippen molar-refractivity contribution in [2.24, 2.45) is 5.10 Å². The Balaban J connectivity index is 2.17. The van der Waals surface area contributed by atoms with E-state index in [4.69, 9.17) is 4.42 Å². The summed E-state index contributed by atoms with van der Waals surface area (Å²) in [5, 5.41) is 23.4. The highest BCUT2D eigenvalue weighted by molar-refractivity contribution is 6.01. The average molecular weight is 316 g/mol. The molecule has 1 heterocycles. The smallest absolute Gasteiger partial charge is 0.348 e. The van der Waals surface area contributed by atoms with Crippen molar-refractivity contribution >= 4 is 11.6 Å². The van der Waals surface area contributed by atoms with E-state index in [1.807, 2.05) is 0 Å². The molecule has 0 aliphatic heterocycles. The third-order valence-corrected chi connectivity index (χ3v) is 3.11. The zero-order valence-corrected chi connectivity index (χ0v) is 12.6. The lowest BCUT2D eigenvalue weighted by atomic mass is 10.1. The lowest BCUT2D eigenvalue weighted by Gasteiger charge is -2.09. The molecular weight excluding hydrogens is 300 g/mol. The Labute approximate surface area is 131 Å². The van der Waals surface area contributed by atoms with E-state index in [9.17, 15) is 19.8 Å². The number of nitrogens with one attached hydrogen (secondary N) is 1. The summed E-state index contributed by atoms with van der Waals surface area (Å²) in [4.78, 5) is 23.6. The third-order valence-electron chi connectivity index (χ3n) is 3.11. The molecule has 1 aromatic carbocycles. The van der Waals surface area contributed by atoms with E-state index in [0.717, 1.165) is 0 Å². The quantitative estimate of drug-likeness (QED) is 0.580. The number of carbonyl (C=O) groups excluding carboxylic acids is 1. The molecule has 0 radical (unpaired) electrons. The molecule has 7 nitrogen and oxygen atoms in total. The number of aromatic hydroxyl groups is 1. The number of hydrogen-bond acceptors (Lipinski definition) is 6. The highest BCUT2D eigenvalue weighted by atomic mass is 16.4. The van der Waals surface area contributed by atoms with Crippen LogP contribution >= 0.6 is 0 Å². The number of benzene rings is 1. The number of carbonyl (C=O) groups is 1. The maximum Gasteiger partial charge on any atom is 0.348 e. The Morgan fingerprint density at radius 2 is 1.96 bits per heavy atom. The van der Waals surface area contributed by atoms with Gasteiger partial charge in [-0.15, -0.1) is 0 Å². The van der Waals surface area contributed by atoms with Gasteiger partial charge < -0.3 is 14.6 Å². The van der Waals surface area contributed by atoms with E-state index in [-0.39, 0.29) is 22.8 Å². The summed E-state index contributed by atoms with van der Waals surface area (Å²) in [6.07, 6.45) is -1.39. The van der Waals surface area contributed by atoms with Crippen molar-refractivity contribution in [2.75, 3.05) is 0 Å². The molecule has 0 spiro atoms. The molecule has 0 fully saturated rings. The fourth-order valence-electron chi connectivity index (χ4n) is 1.97. The first-order chi connectivity index (χ1) is 10.9. The van der Waals surface area contributed by atoms with Crippen molar-refractivity contribution < 1.29 is 19.4 Å². The van der Waals surface area contributed by atoms with Crippen molar-refractivity contribution in [3.8, 4) is 5.75 Å². The van der Waals surface area contributed by atoms with Crippen LogP contribution in [0.3, 0.4) is 0 Å². The van der Waals surface area contributed by atoms with Gasteiger partial charge in [0.15, 0.2) is 6.10 Å². The zero-order chi connectivity index (χ0) is 17.0. The van der Waals surface area contributed by atoms with Gasteiger partial charge in [0.25, 0.3) is 5.91 Å². The molecule has 2 aromatic rings. The van der Waals surface area contributed by atoms with Crippen molar-refractivity contribution in [1.29, 1.82) is 0 Å². The molecule has 0 bridgehead atoms. The van der Waals surface area contributed by atoms with Crippen molar-refractivity contribution in [2.45, 2.75) is 20.0 Å². The van der Waals surface area contributed by atoms with Crippen LogP contribution < -0.4 is 11.1 Å². The normalized spacial score (nSPS) is 12.7. The molecular formula is C16H16N2O5. The number of aliphatic hydroxyl groups is 1. The summed E-state index contributed by atoms with van der Waals surface area (Å²) in [5.41, 5.74) is 1.72. The van der Waals surface area contributed by atoms with Crippen molar-refractivity contribution in [3.63, 3.8) is 0 Å². The minimum absolute atomic E-state index is 0.0601. The number of rotatable bonds is 4. The van der Waals surface area contributed by atoms with Gasteiger partial charge in [0.1, 0.15) is 17.1 Å². The first kappa shape index (κ1) is 16.4. The number of amides is 1. The molecule has 0 saturated heterocycles. The summed E-state index contributed by atoms with van der Waals surface area (Å²) in [7, 11) is 0. The Bertz CT molecular complexity index is 796. The Morgan fingerprint density at radius 1 is 1.30 bits per heavy atom. The van der Waals surface area contributed by atoms with Crippen LogP contribution in [0.25, 0.3) is 0 Å². The van der Waals surface area contributed by atoms with Gasteiger partial charge in [0, 0.05) is 6.07 Å². The van der Waals surface area contributed by atoms with Crippen LogP contribution in [0.5, 0.6) is 5.75 Å². The molecule has 2 rings (SSSR count). The summed E-state index contributed by atoms with van der Waals surface area (Å²) in [6.45, 7) is 2.95. The van der Waals surface area contributed by atoms with E-state index < -0.39 is 17.6 Å². The molecule has 1 unspecified atom stereocenters.